The summed E-state index contributed by atoms with van der Waals surface area (Å²) < 4.78 is 26.5. The van der Waals surface area contributed by atoms with Crippen LogP contribution in [0.25, 0.3) is 193 Å². The zero-order valence-electron chi connectivity index (χ0n) is 63.1. The van der Waals surface area contributed by atoms with Gasteiger partial charge in [-0.15, -0.1) is 34.0 Å². The Morgan fingerprint density at radius 3 is 0.923 bits per heavy atom. The third-order valence-corrected chi connectivity index (χ3v) is 26.0. The highest BCUT2D eigenvalue weighted by Crippen LogP contribution is 2.45. The van der Waals surface area contributed by atoms with Gasteiger partial charge in [0.15, 0.2) is 0 Å². The predicted octanol–water partition coefficient (Wildman–Crippen LogP) is 33.1. The van der Waals surface area contributed by atoms with Crippen molar-refractivity contribution in [1.82, 2.24) is 0 Å². The van der Waals surface area contributed by atoms with Gasteiger partial charge in [-0.1, -0.05) is 267 Å². The van der Waals surface area contributed by atoms with Gasteiger partial charge < -0.3 is 29.2 Å². The quantitative estimate of drug-likeness (QED) is 0.113. The summed E-state index contributed by atoms with van der Waals surface area (Å²) in [4.78, 5) is 0. The number of hydrogen-bond acceptors (Lipinski definition) is 9. The Morgan fingerprint density at radius 2 is 0.462 bits per heavy atom. The van der Waals surface area contributed by atoms with E-state index in [9.17, 15) is 0 Å². The molecule has 6 heterocycles. The topological polar surface area (TPSA) is 75.5 Å². The van der Waals surface area contributed by atoms with Crippen molar-refractivity contribution < 1.29 is 13.3 Å². The minimum Gasteiger partial charge on any atom is -0.456 e. The summed E-state index contributed by atoms with van der Waals surface area (Å²) in [6, 6.07) is 142. The smallest absolute Gasteiger partial charge is 0.143 e. The van der Waals surface area contributed by atoms with Crippen molar-refractivity contribution in [2.24, 2.45) is 0 Å². The molecule has 0 aliphatic rings. The van der Waals surface area contributed by atoms with Crippen LogP contribution in [0.15, 0.2) is 414 Å². The lowest BCUT2D eigenvalue weighted by Crippen LogP contribution is -1.91. The van der Waals surface area contributed by atoms with Gasteiger partial charge in [-0.05, 0) is 189 Å². The Morgan fingerprint density at radius 1 is 0.162 bits per heavy atom. The number of fused-ring (bicyclic) bond motifs is 18. The second-order valence-electron chi connectivity index (χ2n) is 29.6. The highest BCUT2D eigenvalue weighted by atomic mass is 32.1. The van der Waals surface area contributed by atoms with Crippen LogP contribution in [-0.4, -0.2) is 0 Å². The molecule has 117 heavy (non-hydrogen) atoms. The number of hydrogen-bond donors (Lipinski definition) is 3. The molecule has 0 saturated carbocycles. The highest BCUT2D eigenvalue weighted by molar-refractivity contribution is 7.27. The molecule has 0 aliphatic heterocycles. The van der Waals surface area contributed by atoms with E-state index in [1.54, 1.807) is 0 Å². The monoisotopic (exact) mass is 1550 g/mol. The van der Waals surface area contributed by atoms with Crippen LogP contribution in [0.1, 0.15) is 0 Å². The molecule has 6 nitrogen and oxygen atoms in total. The van der Waals surface area contributed by atoms with Crippen molar-refractivity contribution in [3.8, 4) is 66.8 Å². The van der Waals surface area contributed by atoms with E-state index in [2.05, 4.69) is 380 Å². The van der Waals surface area contributed by atoms with E-state index < -0.39 is 0 Å². The molecule has 0 radical (unpaired) electrons. The molecule has 0 amide bonds. The van der Waals surface area contributed by atoms with E-state index in [1.165, 1.54) is 99.5 Å². The zero-order valence-corrected chi connectivity index (χ0v) is 65.5. The van der Waals surface area contributed by atoms with Crippen LogP contribution in [0.4, 0.5) is 34.1 Å². The van der Waals surface area contributed by atoms with E-state index >= 15 is 0 Å². The Kier molecular flexibility index (Phi) is 17.4. The van der Waals surface area contributed by atoms with E-state index in [-0.39, 0.29) is 0 Å². The average molecular weight is 1550 g/mol. The second-order valence-corrected chi connectivity index (χ2v) is 32.8. The largest absolute Gasteiger partial charge is 0.456 e. The van der Waals surface area contributed by atoms with E-state index in [0.29, 0.717) is 0 Å². The summed E-state index contributed by atoms with van der Waals surface area (Å²) in [5.74, 6) is 0. The highest BCUT2D eigenvalue weighted by Gasteiger charge is 2.18. The Hall–Kier alpha value is -14.6. The minimum absolute atomic E-state index is 0.915. The molecule has 24 rings (SSSR count). The lowest BCUT2D eigenvalue weighted by atomic mass is 10.0. The first-order valence-corrected chi connectivity index (χ1v) is 41.7. The third kappa shape index (κ3) is 13.0. The molecule has 0 spiro atoms. The SMILES string of the molecule is c1cc(Nc2cccc(-c3ccc4sc5ccccc5c4c3)c2)cc(-c2ccc3oc4ccccc4c3c2)c1.c1ccc2c(c1)oc1c(-c3ccc(Nc4ccc(-c5cccc6c5oc5ccccc56)cc4)cc3)cccc12.c1ccc2c(c1)sc1c(-c3ccc(Nc4ccc(-c5cccc6c5sc5ccccc56)cc4)cc3)cccc12. The van der Waals surface area contributed by atoms with Crippen LogP contribution in [-0.2, 0) is 0 Å². The number of para-hydroxylation sites is 5. The zero-order chi connectivity index (χ0) is 77.3. The van der Waals surface area contributed by atoms with Gasteiger partial charge in [-0.25, -0.2) is 0 Å². The minimum atomic E-state index is 0.915. The summed E-state index contributed by atoms with van der Waals surface area (Å²) >= 11 is 5.61. The molecule has 24 aromatic rings. The number of furan rings is 3. The van der Waals surface area contributed by atoms with Crippen molar-refractivity contribution in [2.75, 3.05) is 16.0 Å². The molecule has 0 unspecified atom stereocenters. The van der Waals surface area contributed by atoms with Crippen molar-refractivity contribution in [1.29, 1.82) is 0 Å². The maximum absolute atomic E-state index is 6.23. The number of benzene rings is 18. The first-order chi connectivity index (χ1) is 57.9. The maximum atomic E-state index is 6.23. The maximum Gasteiger partial charge on any atom is 0.143 e. The molecule has 3 N–H and O–H groups in total. The van der Waals surface area contributed by atoms with Gasteiger partial charge in [-0.2, -0.15) is 0 Å². The van der Waals surface area contributed by atoms with Crippen molar-refractivity contribution in [3.05, 3.63) is 400 Å². The number of nitrogens with one attached hydrogen (secondary N) is 3. The predicted molar refractivity (Wildman–Crippen MR) is 502 cm³/mol. The number of anilines is 6. The van der Waals surface area contributed by atoms with Crippen LogP contribution in [0.3, 0.4) is 0 Å². The van der Waals surface area contributed by atoms with Gasteiger partial charge in [0.25, 0.3) is 0 Å². The molecule has 0 aliphatic carbocycles. The Labute approximate surface area is 685 Å². The van der Waals surface area contributed by atoms with Gasteiger partial charge in [0.2, 0.25) is 0 Å². The molecule has 0 atom stereocenters. The fraction of sp³-hybridized carbons (Fsp3) is 0. The molecule has 9 heteroatoms. The van der Waals surface area contributed by atoms with E-state index in [4.69, 9.17) is 13.3 Å². The average Bonchev–Trinajstić information content (AvgIpc) is 1.65. The van der Waals surface area contributed by atoms with Crippen LogP contribution in [0.5, 0.6) is 0 Å². The first kappa shape index (κ1) is 69.2. The van der Waals surface area contributed by atoms with Crippen LogP contribution in [0.2, 0.25) is 0 Å². The van der Waals surface area contributed by atoms with Crippen molar-refractivity contribution in [2.45, 2.75) is 0 Å². The summed E-state index contributed by atoms with van der Waals surface area (Å²) in [5, 5.41) is 25.6. The molecular weight excluding hydrogens is 1480 g/mol. The summed E-state index contributed by atoms with van der Waals surface area (Å²) in [7, 11) is 0. The van der Waals surface area contributed by atoms with Gasteiger partial charge >= 0.3 is 0 Å². The van der Waals surface area contributed by atoms with Crippen LogP contribution >= 0.6 is 34.0 Å². The van der Waals surface area contributed by atoms with Gasteiger partial charge in [0.1, 0.15) is 33.5 Å². The molecule has 0 saturated heterocycles. The van der Waals surface area contributed by atoms with E-state index in [1.807, 2.05) is 70.4 Å². The van der Waals surface area contributed by atoms with E-state index in [0.717, 1.165) is 128 Å². The summed E-state index contributed by atoms with van der Waals surface area (Å²) in [6.45, 7) is 0. The summed E-state index contributed by atoms with van der Waals surface area (Å²) in [6.07, 6.45) is 0. The third-order valence-electron chi connectivity index (χ3n) is 22.4. The number of thiophene rings is 3. The first-order valence-electron chi connectivity index (χ1n) is 39.3. The number of rotatable bonds is 12. The Bertz CT molecular complexity index is 7140. The fourth-order valence-electron chi connectivity index (χ4n) is 16.7. The standard InChI is InChI=1S/C36H23NO2.C36H23NOS.C36H23NS2/c1-3-13-33-29(7-1)31-11-5-9-27(35(31)38-33)23-15-19-25(20-16-23)37-26-21-17-24(18-22-26)28-10-6-12-32-30-8-2-4-14-34(30)39-36(28)32;1-3-13-33-29(11-1)31-21-25(15-17-34(31)38-33)23-7-5-9-27(19-23)37-28-10-6-8-24(20-28)26-16-18-36-32(22-26)30-12-2-4-14-35(30)39-36;1-3-13-33-29(7-1)31-11-5-9-27(35(31)38-33)23-15-19-25(20-16-23)37-26-21-17-24(18-22-26)28-10-6-12-32-30-8-2-4-14-34(30)39-36(28)32/h3*1-22,37H. The molecule has 0 fully saturated rings. The van der Waals surface area contributed by atoms with Gasteiger partial charge in [0, 0.05) is 138 Å². The van der Waals surface area contributed by atoms with Crippen molar-refractivity contribution in [3.63, 3.8) is 0 Å². The lowest BCUT2D eigenvalue weighted by Gasteiger charge is -2.11. The normalized spacial score (nSPS) is 11.6. The molecule has 18 aromatic carbocycles. The molecular formula is C108H69N3O3S3. The van der Waals surface area contributed by atoms with Gasteiger partial charge in [0.05, 0.1) is 0 Å². The second kappa shape index (κ2) is 29.4. The summed E-state index contributed by atoms with van der Waals surface area (Å²) in [5.41, 5.74) is 26.1. The lowest BCUT2D eigenvalue weighted by molar-refractivity contribution is 0.669. The Balaban J connectivity index is 0.000000106. The molecule has 552 valence electrons. The molecule has 0 bridgehead atoms. The fourth-order valence-corrected chi connectivity index (χ4v) is 20.3. The van der Waals surface area contributed by atoms with Crippen LogP contribution < -0.4 is 16.0 Å². The van der Waals surface area contributed by atoms with Crippen LogP contribution in [0, 0.1) is 0 Å². The molecule has 6 aromatic heterocycles. The van der Waals surface area contributed by atoms with Gasteiger partial charge in [-0.3, -0.25) is 0 Å². The van der Waals surface area contributed by atoms with Crippen molar-refractivity contribution >= 4 is 194 Å².